The van der Waals surface area contributed by atoms with Crippen LogP contribution in [0.25, 0.3) is 11.4 Å². The van der Waals surface area contributed by atoms with E-state index in [1.165, 1.54) is 24.5 Å². The van der Waals surface area contributed by atoms with Crippen LogP contribution in [0.1, 0.15) is 21.8 Å². The summed E-state index contributed by atoms with van der Waals surface area (Å²) in [4.78, 5) is 16.4. The maximum atomic E-state index is 13.7. The first-order chi connectivity index (χ1) is 12.7. The number of carbonyl (C=O) groups is 1. The zero-order chi connectivity index (χ0) is 19.6. The van der Waals surface area contributed by atoms with Crippen molar-refractivity contribution in [1.82, 2.24) is 10.1 Å². The van der Waals surface area contributed by atoms with Crippen molar-refractivity contribution in [2.45, 2.75) is 12.7 Å². The molecule has 0 aliphatic heterocycles. The predicted molar refractivity (Wildman–Crippen MR) is 95.4 cm³/mol. The molecule has 0 saturated carbocycles. The van der Waals surface area contributed by atoms with Crippen LogP contribution in [0, 0.1) is 18.6 Å². The Morgan fingerprint density at radius 2 is 1.78 bits per heavy atom. The first-order valence-corrected chi connectivity index (χ1v) is 9.92. The van der Waals surface area contributed by atoms with Gasteiger partial charge in [-0.05, 0) is 24.3 Å². The van der Waals surface area contributed by atoms with Gasteiger partial charge in [0.25, 0.3) is 5.91 Å². The van der Waals surface area contributed by atoms with Gasteiger partial charge in [0, 0.05) is 29.9 Å². The molecule has 3 aromatic rings. The summed E-state index contributed by atoms with van der Waals surface area (Å²) in [6, 6.07) is 9.49. The number of halogens is 2. The van der Waals surface area contributed by atoms with E-state index in [2.05, 4.69) is 14.5 Å². The van der Waals surface area contributed by atoms with Gasteiger partial charge in [0.2, 0.25) is 11.7 Å². The molecule has 3 rings (SSSR count). The zero-order valence-corrected chi connectivity index (χ0v) is 15.3. The van der Waals surface area contributed by atoms with Crippen LogP contribution in [0.5, 0.6) is 0 Å². The molecule has 1 unspecified atom stereocenters. The van der Waals surface area contributed by atoms with Crippen molar-refractivity contribution in [1.29, 1.82) is 0 Å². The number of rotatable bonds is 4. The van der Waals surface area contributed by atoms with Crippen molar-refractivity contribution in [3.63, 3.8) is 0 Å². The molecule has 1 atom stereocenters. The van der Waals surface area contributed by atoms with Crippen LogP contribution in [-0.2, 0) is 15.5 Å². The molecular weight excluding hydrogens is 376 g/mol. The fraction of sp³-hybridized carbons (Fsp3) is 0.167. The molecular formula is C18H15F2N3O3S. The molecule has 0 radical (unpaired) electrons. The van der Waals surface area contributed by atoms with Gasteiger partial charge in [0.1, 0.15) is 11.6 Å². The molecule has 1 heterocycles. The van der Waals surface area contributed by atoms with Gasteiger partial charge in [0.15, 0.2) is 0 Å². The average Bonchev–Trinajstić information content (AvgIpc) is 3.04. The van der Waals surface area contributed by atoms with Gasteiger partial charge in [-0.15, -0.1) is 0 Å². The molecule has 140 valence electrons. The molecule has 0 spiro atoms. The van der Waals surface area contributed by atoms with E-state index in [9.17, 15) is 17.8 Å². The van der Waals surface area contributed by atoms with E-state index in [4.69, 9.17) is 4.52 Å². The van der Waals surface area contributed by atoms with Crippen LogP contribution in [-0.4, -0.2) is 26.5 Å². The molecule has 2 aromatic carbocycles. The van der Waals surface area contributed by atoms with E-state index < -0.39 is 33.0 Å². The average molecular weight is 391 g/mol. The van der Waals surface area contributed by atoms with Gasteiger partial charge in [-0.2, -0.15) is 9.35 Å². The fourth-order valence-electron chi connectivity index (χ4n) is 2.38. The Labute approximate surface area is 154 Å². The minimum Gasteiger partial charge on any atom is -0.339 e. The smallest absolute Gasteiger partial charge is 0.285 e. The highest BCUT2D eigenvalue weighted by Gasteiger charge is 2.16. The molecule has 9 heteroatoms. The van der Waals surface area contributed by atoms with Crippen molar-refractivity contribution in [2.24, 2.45) is 4.36 Å². The van der Waals surface area contributed by atoms with Gasteiger partial charge in [-0.1, -0.05) is 23.4 Å². The minimum atomic E-state index is -3.18. The quantitative estimate of drug-likeness (QED) is 0.676. The fourth-order valence-corrected chi connectivity index (χ4v) is 3.71. The molecule has 6 nitrogen and oxygen atoms in total. The van der Waals surface area contributed by atoms with E-state index in [0.717, 1.165) is 12.1 Å². The van der Waals surface area contributed by atoms with E-state index in [1.54, 1.807) is 19.1 Å². The van der Waals surface area contributed by atoms with E-state index in [1.807, 2.05) is 0 Å². The third kappa shape index (κ3) is 4.43. The normalized spacial score (nSPS) is 13.2. The number of benzene rings is 2. The van der Waals surface area contributed by atoms with Crippen LogP contribution in [0.4, 0.5) is 8.78 Å². The monoisotopic (exact) mass is 391 g/mol. The van der Waals surface area contributed by atoms with Gasteiger partial charge in [-0.3, -0.25) is 4.79 Å². The summed E-state index contributed by atoms with van der Waals surface area (Å²) in [5.41, 5.74) is 0.459. The summed E-state index contributed by atoms with van der Waals surface area (Å²) in [5.74, 6) is -2.12. The molecule has 0 N–H and O–H groups in total. The van der Waals surface area contributed by atoms with E-state index in [-0.39, 0.29) is 11.1 Å². The lowest BCUT2D eigenvalue weighted by Gasteiger charge is -2.07. The maximum absolute atomic E-state index is 13.7. The number of aromatic nitrogens is 2. The Bertz CT molecular complexity index is 1100. The van der Waals surface area contributed by atoms with Crippen LogP contribution in [0.2, 0.25) is 0 Å². The molecule has 0 aliphatic carbocycles. The lowest BCUT2D eigenvalue weighted by molar-refractivity contribution is 0.100. The van der Waals surface area contributed by atoms with Gasteiger partial charge in [0.05, 0.1) is 15.5 Å². The Hall–Kier alpha value is -2.94. The first kappa shape index (κ1) is 18.8. The van der Waals surface area contributed by atoms with Crippen molar-refractivity contribution in [3.8, 4) is 11.4 Å². The second-order valence-electron chi connectivity index (χ2n) is 5.91. The summed E-state index contributed by atoms with van der Waals surface area (Å²) in [6.45, 7) is 1.66. The summed E-state index contributed by atoms with van der Waals surface area (Å²) in [6.07, 6.45) is 1.19. The zero-order valence-electron chi connectivity index (χ0n) is 14.5. The minimum absolute atomic E-state index is 0.183. The van der Waals surface area contributed by atoms with E-state index in [0.29, 0.717) is 17.3 Å². The highest BCUT2D eigenvalue weighted by Crippen LogP contribution is 2.19. The van der Waals surface area contributed by atoms with Crippen LogP contribution in [0.15, 0.2) is 51.4 Å². The number of hydrogen-bond acceptors (Lipinski definition) is 5. The summed E-state index contributed by atoms with van der Waals surface area (Å²) in [5, 5.41) is 3.77. The summed E-state index contributed by atoms with van der Waals surface area (Å²) in [7, 11) is -3.18. The summed E-state index contributed by atoms with van der Waals surface area (Å²) < 4.78 is 48.6. The van der Waals surface area contributed by atoms with Gasteiger partial charge >= 0.3 is 0 Å². The molecule has 0 aliphatic rings. The van der Waals surface area contributed by atoms with Crippen molar-refractivity contribution in [3.05, 3.63) is 71.1 Å². The lowest BCUT2D eigenvalue weighted by atomic mass is 10.1. The Morgan fingerprint density at radius 3 is 2.33 bits per heavy atom. The Morgan fingerprint density at radius 1 is 1.15 bits per heavy atom. The topological polar surface area (TPSA) is 85.4 Å². The second-order valence-corrected chi connectivity index (χ2v) is 8.30. The number of carbonyl (C=O) groups excluding carboxylic acids is 1. The van der Waals surface area contributed by atoms with Gasteiger partial charge < -0.3 is 4.52 Å². The van der Waals surface area contributed by atoms with Crippen LogP contribution in [0.3, 0.4) is 0 Å². The predicted octanol–water partition coefficient (Wildman–Crippen LogP) is 3.76. The number of nitrogens with zero attached hydrogens (tertiary/aromatic N) is 3. The summed E-state index contributed by atoms with van der Waals surface area (Å²) >= 11 is 0. The standard InChI is InChI=1S/C18H15F2N3O3S/c1-11-21-17(22-26-11)12-6-8-13(9-7-12)18(24)23-27(2,25)10-14-15(19)4-3-5-16(14)20/h3-9H,10H2,1-2H3. The largest absolute Gasteiger partial charge is 0.339 e. The Kier molecular flexibility index (Phi) is 5.13. The van der Waals surface area contributed by atoms with E-state index >= 15 is 0 Å². The van der Waals surface area contributed by atoms with Crippen molar-refractivity contribution < 1.29 is 22.3 Å². The van der Waals surface area contributed by atoms with Crippen LogP contribution < -0.4 is 0 Å². The number of hydrogen-bond donors (Lipinski definition) is 0. The van der Waals surface area contributed by atoms with Crippen molar-refractivity contribution in [2.75, 3.05) is 6.26 Å². The molecule has 0 fully saturated rings. The van der Waals surface area contributed by atoms with Gasteiger partial charge in [-0.25, -0.2) is 13.0 Å². The van der Waals surface area contributed by atoms with Crippen molar-refractivity contribution >= 4 is 15.6 Å². The number of aryl methyl sites for hydroxylation is 1. The highest BCUT2D eigenvalue weighted by molar-refractivity contribution is 7.92. The first-order valence-electron chi connectivity index (χ1n) is 7.83. The lowest BCUT2D eigenvalue weighted by Crippen LogP contribution is -2.09. The SMILES string of the molecule is Cc1nc(-c2ccc(C(=O)N=S(C)(=O)Cc3c(F)cccc3F)cc2)no1. The third-order valence-electron chi connectivity index (χ3n) is 3.67. The van der Waals surface area contributed by atoms with Crippen LogP contribution >= 0.6 is 0 Å². The highest BCUT2D eigenvalue weighted by atomic mass is 32.2. The molecule has 1 aromatic heterocycles. The molecule has 0 saturated heterocycles. The molecule has 0 bridgehead atoms. The Balaban J connectivity index is 1.83. The maximum Gasteiger partial charge on any atom is 0.285 e. The second kappa shape index (κ2) is 7.36. The molecule has 1 amide bonds. The number of amides is 1. The third-order valence-corrected chi connectivity index (χ3v) is 5.04. The molecule has 27 heavy (non-hydrogen) atoms.